The van der Waals surface area contributed by atoms with Crippen molar-refractivity contribution in [1.29, 1.82) is 0 Å². The molecule has 4 heteroatoms. The zero-order valence-corrected chi connectivity index (χ0v) is 8.79. The Bertz CT molecular complexity index is 352. The molecule has 0 aromatic heterocycles. The summed E-state index contributed by atoms with van der Waals surface area (Å²) in [5.41, 5.74) is 2.18. The first kappa shape index (κ1) is 10.3. The van der Waals surface area contributed by atoms with Crippen LogP contribution < -0.4 is 15.4 Å². The Morgan fingerprint density at radius 2 is 2.13 bits per heavy atom. The third-order valence-corrected chi connectivity index (χ3v) is 2.50. The van der Waals surface area contributed by atoms with Gasteiger partial charge in [-0.05, 0) is 18.1 Å². The van der Waals surface area contributed by atoms with Crippen LogP contribution in [-0.4, -0.2) is 13.2 Å². The maximum atomic E-state index is 5.61. The van der Waals surface area contributed by atoms with Gasteiger partial charge in [0.1, 0.15) is 13.2 Å². The van der Waals surface area contributed by atoms with Crippen molar-refractivity contribution in [3.8, 4) is 11.5 Å². The normalized spacial score (nSPS) is 14.0. The predicted octanol–water partition coefficient (Wildman–Crippen LogP) is 1.41. The highest BCUT2D eigenvalue weighted by molar-refractivity contribution is 5.51. The fraction of sp³-hybridized carbons (Fsp3) is 0.455. The molecule has 0 bridgehead atoms. The molecular weight excluding hydrogens is 194 g/mol. The number of fused-ring (bicyclic) bond motifs is 1. The van der Waals surface area contributed by atoms with Crippen LogP contribution in [0.25, 0.3) is 0 Å². The Morgan fingerprint density at radius 3 is 2.87 bits per heavy atom. The van der Waals surface area contributed by atoms with Gasteiger partial charge in [-0.25, -0.2) is 5.90 Å². The van der Waals surface area contributed by atoms with Crippen LogP contribution in [0.5, 0.6) is 11.5 Å². The SMILES string of the molecule is CCc1c(CON)ccc2c1OCCO2. The highest BCUT2D eigenvalue weighted by atomic mass is 16.6. The molecule has 0 atom stereocenters. The molecule has 0 radical (unpaired) electrons. The molecule has 4 nitrogen and oxygen atoms in total. The summed E-state index contributed by atoms with van der Waals surface area (Å²) in [6, 6.07) is 3.88. The highest BCUT2D eigenvalue weighted by Gasteiger charge is 2.17. The van der Waals surface area contributed by atoms with Crippen molar-refractivity contribution in [1.82, 2.24) is 0 Å². The molecule has 1 aliphatic rings. The van der Waals surface area contributed by atoms with Gasteiger partial charge in [-0.2, -0.15) is 0 Å². The van der Waals surface area contributed by atoms with Gasteiger partial charge in [-0.1, -0.05) is 13.0 Å². The maximum absolute atomic E-state index is 5.61. The van der Waals surface area contributed by atoms with Crippen LogP contribution in [0.3, 0.4) is 0 Å². The Labute approximate surface area is 88.9 Å². The number of hydrogen-bond acceptors (Lipinski definition) is 4. The summed E-state index contributed by atoms with van der Waals surface area (Å²) in [6.07, 6.45) is 0.880. The summed E-state index contributed by atoms with van der Waals surface area (Å²) in [5, 5.41) is 0. The lowest BCUT2D eigenvalue weighted by Crippen LogP contribution is -2.17. The summed E-state index contributed by atoms with van der Waals surface area (Å²) in [6.45, 7) is 3.70. The Hall–Kier alpha value is -1.26. The molecule has 82 valence electrons. The van der Waals surface area contributed by atoms with E-state index in [1.807, 2.05) is 12.1 Å². The van der Waals surface area contributed by atoms with Crippen molar-refractivity contribution in [2.75, 3.05) is 13.2 Å². The molecule has 0 amide bonds. The van der Waals surface area contributed by atoms with Crippen LogP contribution in [0.2, 0.25) is 0 Å². The van der Waals surface area contributed by atoms with Crippen molar-refractivity contribution in [3.05, 3.63) is 23.3 Å². The second kappa shape index (κ2) is 4.51. The van der Waals surface area contributed by atoms with Gasteiger partial charge >= 0.3 is 0 Å². The van der Waals surface area contributed by atoms with Crippen LogP contribution >= 0.6 is 0 Å². The molecule has 2 rings (SSSR count). The molecule has 0 spiro atoms. The minimum absolute atomic E-state index is 0.403. The molecule has 0 unspecified atom stereocenters. The van der Waals surface area contributed by atoms with Crippen molar-refractivity contribution >= 4 is 0 Å². The third-order valence-electron chi connectivity index (χ3n) is 2.50. The summed E-state index contributed by atoms with van der Waals surface area (Å²) < 4.78 is 11.1. The minimum atomic E-state index is 0.403. The molecule has 2 N–H and O–H groups in total. The maximum Gasteiger partial charge on any atom is 0.164 e. The van der Waals surface area contributed by atoms with Crippen molar-refractivity contribution in [3.63, 3.8) is 0 Å². The van der Waals surface area contributed by atoms with Crippen LogP contribution in [0.1, 0.15) is 18.1 Å². The van der Waals surface area contributed by atoms with E-state index in [1.54, 1.807) is 0 Å². The Kier molecular flexibility index (Phi) is 3.08. The van der Waals surface area contributed by atoms with Crippen LogP contribution in [0.4, 0.5) is 0 Å². The largest absolute Gasteiger partial charge is 0.486 e. The molecule has 1 aromatic carbocycles. The molecular formula is C11H15NO3. The molecule has 1 aliphatic heterocycles. The number of rotatable bonds is 3. The summed E-state index contributed by atoms with van der Waals surface area (Å²) in [5.74, 6) is 6.75. The molecule has 0 aliphatic carbocycles. The first-order chi connectivity index (χ1) is 7.36. The summed E-state index contributed by atoms with van der Waals surface area (Å²) in [7, 11) is 0. The van der Waals surface area contributed by atoms with E-state index < -0.39 is 0 Å². The number of hydrogen-bond donors (Lipinski definition) is 1. The average Bonchev–Trinajstić information content (AvgIpc) is 2.29. The van der Waals surface area contributed by atoms with Gasteiger partial charge in [0, 0.05) is 5.56 Å². The van der Waals surface area contributed by atoms with Gasteiger partial charge in [0.2, 0.25) is 0 Å². The van der Waals surface area contributed by atoms with Gasteiger partial charge in [-0.15, -0.1) is 0 Å². The smallest absolute Gasteiger partial charge is 0.164 e. The van der Waals surface area contributed by atoms with E-state index in [2.05, 4.69) is 11.8 Å². The first-order valence-electron chi connectivity index (χ1n) is 5.08. The second-order valence-corrected chi connectivity index (χ2v) is 3.39. The van der Waals surface area contributed by atoms with Gasteiger partial charge in [0.25, 0.3) is 0 Å². The summed E-state index contributed by atoms with van der Waals surface area (Å²) >= 11 is 0. The van der Waals surface area contributed by atoms with Crippen LogP contribution in [0.15, 0.2) is 12.1 Å². The molecule has 0 saturated heterocycles. The van der Waals surface area contributed by atoms with Gasteiger partial charge in [0.05, 0.1) is 6.61 Å². The van der Waals surface area contributed by atoms with Gasteiger partial charge < -0.3 is 9.47 Å². The standard InChI is InChI=1S/C11H15NO3/c1-2-9-8(7-15-12)3-4-10-11(9)14-6-5-13-10/h3-4H,2,5-7,12H2,1H3. The van der Waals surface area contributed by atoms with Crippen molar-refractivity contribution in [2.45, 2.75) is 20.0 Å². The Balaban J connectivity index is 2.42. The predicted molar refractivity (Wildman–Crippen MR) is 55.8 cm³/mol. The lowest BCUT2D eigenvalue weighted by atomic mass is 10.0. The molecule has 1 heterocycles. The van der Waals surface area contributed by atoms with Gasteiger partial charge in [0.15, 0.2) is 11.5 Å². The molecule has 0 fully saturated rings. The topological polar surface area (TPSA) is 53.7 Å². The van der Waals surface area contributed by atoms with E-state index in [0.717, 1.165) is 29.0 Å². The van der Waals surface area contributed by atoms with E-state index in [-0.39, 0.29) is 0 Å². The van der Waals surface area contributed by atoms with Crippen LogP contribution in [0, 0.1) is 0 Å². The van der Waals surface area contributed by atoms with Crippen LogP contribution in [-0.2, 0) is 17.9 Å². The minimum Gasteiger partial charge on any atom is -0.486 e. The van der Waals surface area contributed by atoms with E-state index in [1.165, 1.54) is 0 Å². The first-order valence-corrected chi connectivity index (χ1v) is 5.08. The molecule has 0 saturated carbocycles. The van der Waals surface area contributed by atoms with Crippen molar-refractivity contribution in [2.24, 2.45) is 5.90 Å². The van der Waals surface area contributed by atoms with Gasteiger partial charge in [-0.3, -0.25) is 4.84 Å². The average molecular weight is 209 g/mol. The van der Waals surface area contributed by atoms with Crippen molar-refractivity contribution < 1.29 is 14.3 Å². The fourth-order valence-corrected chi connectivity index (χ4v) is 1.83. The van der Waals surface area contributed by atoms with E-state index in [9.17, 15) is 0 Å². The quantitative estimate of drug-likeness (QED) is 0.765. The van der Waals surface area contributed by atoms with E-state index in [0.29, 0.717) is 19.8 Å². The fourth-order valence-electron chi connectivity index (χ4n) is 1.83. The zero-order valence-electron chi connectivity index (χ0n) is 8.79. The number of benzene rings is 1. The van der Waals surface area contributed by atoms with E-state index in [4.69, 9.17) is 15.4 Å². The number of nitrogens with two attached hydrogens (primary N) is 1. The molecule has 15 heavy (non-hydrogen) atoms. The monoisotopic (exact) mass is 209 g/mol. The summed E-state index contributed by atoms with van der Waals surface area (Å²) in [4.78, 5) is 4.67. The van der Waals surface area contributed by atoms with E-state index >= 15 is 0 Å². The molecule has 1 aromatic rings. The number of ether oxygens (including phenoxy) is 2. The highest BCUT2D eigenvalue weighted by Crippen LogP contribution is 2.36. The second-order valence-electron chi connectivity index (χ2n) is 3.39. The lowest BCUT2D eigenvalue weighted by Gasteiger charge is -2.22. The zero-order chi connectivity index (χ0) is 10.7. The Morgan fingerprint density at radius 1 is 1.33 bits per heavy atom. The lowest BCUT2D eigenvalue weighted by molar-refractivity contribution is 0.122. The third kappa shape index (κ3) is 1.91.